The van der Waals surface area contributed by atoms with Crippen LogP contribution in [0.1, 0.15) is 10.4 Å². The third-order valence-electron chi connectivity index (χ3n) is 1.75. The molecule has 1 heterocycles. The predicted octanol–water partition coefficient (Wildman–Crippen LogP) is 1.71. The highest BCUT2D eigenvalue weighted by atomic mass is 19.3. The van der Waals surface area contributed by atoms with E-state index in [1.165, 1.54) is 24.5 Å². The first kappa shape index (κ1) is 12.4. The number of hydrogen-bond acceptors (Lipinski definition) is 2. The van der Waals surface area contributed by atoms with Crippen LogP contribution in [0.3, 0.4) is 0 Å². The van der Waals surface area contributed by atoms with Crippen LogP contribution in [-0.4, -0.2) is 29.8 Å². The molecule has 0 radical (unpaired) electrons. The lowest BCUT2D eigenvalue weighted by Crippen LogP contribution is -2.41. The third-order valence-corrected chi connectivity index (χ3v) is 1.75. The maximum Gasteiger partial charge on any atom is 0.324 e. The Bertz CT molecular complexity index is 356. The zero-order chi connectivity index (χ0) is 12.2. The number of hydrogen-bond donors (Lipinski definition) is 1. The van der Waals surface area contributed by atoms with Crippen molar-refractivity contribution in [3.8, 4) is 0 Å². The molecule has 3 nitrogen and oxygen atoms in total. The SMILES string of the molecule is O=C(NCC(F)(F)C(F)F)c1ccncc1. The van der Waals surface area contributed by atoms with Gasteiger partial charge in [0.2, 0.25) is 0 Å². The van der Waals surface area contributed by atoms with Gasteiger partial charge >= 0.3 is 12.3 Å². The third kappa shape index (κ3) is 3.18. The first-order valence-corrected chi connectivity index (χ1v) is 4.27. The van der Waals surface area contributed by atoms with E-state index in [0.29, 0.717) is 0 Å². The monoisotopic (exact) mass is 236 g/mol. The molecule has 1 amide bonds. The summed E-state index contributed by atoms with van der Waals surface area (Å²) in [6.45, 7) is -1.40. The summed E-state index contributed by atoms with van der Waals surface area (Å²) in [6.07, 6.45) is -1.22. The summed E-state index contributed by atoms with van der Waals surface area (Å²) in [5.41, 5.74) is 0.0834. The molecule has 1 rings (SSSR count). The Morgan fingerprint density at radius 3 is 2.44 bits per heavy atom. The van der Waals surface area contributed by atoms with Gasteiger partial charge in [-0.25, -0.2) is 8.78 Å². The van der Waals surface area contributed by atoms with Gasteiger partial charge in [-0.1, -0.05) is 0 Å². The van der Waals surface area contributed by atoms with Crippen molar-refractivity contribution in [2.75, 3.05) is 6.54 Å². The number of alkyl halides is 4. The van der Waals surface area contributed by atoms with Crippen LogP contribution in [0.5, 0.6) is 0 Å². The van der Waals surface area contributed by atoms with Gasteiger partial charge in [0.1, 0.15) is 0 Å². The number of rotatable bonds is 4. The molecule has 0 fully saturated rings. The molecular formula is C9H8F4N2O. The van der Waals surface area contributed by atoms with Crippen LogP contribution in [0.15, 0.2) is 24.5 Å². The topological polar surface area (TPSA) is 42.0 Å². The van der Waals surface area contributed by atoms with Crippen LogP contribution in [-0.2, 0) is 0 Å². The lowest BCUT2D eigenvalue weighted by molar-refractivity contribution is -0.123. The summed E-state index contributed by atoms with van der Waals surface area (Å²) >= 11 is 0. The van der Waals surface area contributed by atoms with Crippen molar-refractivity contribution in [1.29, 1.82) is 0 Å². The van der Waals surface area contributed by atoms with Crippen LogP contribution in [0.4, 0.5) is 17.6 Å². The fourth-order valence-electron chi connectivity index (χ4n) is 0.881. The smallest absolute Gasteiger partial charge is 0.324 e. The number of aromatic nitrogens is 1. The van der Waals surface area contributed by atoms with Gasteiger partial charge in [-0.05, 0) is 12.1 Å². The Kier molecular flexibility index (Phi) is 3.81. The summed E-state index contributed by atoms with van der Waals surface area (Å²) in [5.74, 6) is -5.06. The van der Waals surface area contributed by atoms with Crippen molar-refractivity contribution in [2.24, 2.45) is 0 Å². The largest absolute Gasteiger partial charge is 0.346 e. The zero-order valence-electron chi connectivity index (χ0n) is 7.96. The second-order valence-corrected chi connectivity index (χ2v) is 2.98. The quantitative estimate of drug-likeness (QED) is 0.808. The van der Waals surface area contributed by atoms with E-state index in [9.17, 15) is 22.4 Å². The Labute approximate surface area is 88.5 Å². The van der Waals surface area contributed by atoms with Gasteiger partial charge in [0, 0.05) is 18.0 Å². The van der Waals surface area contributed by atoms with E-state index in [4.69, 9.17) is 0 Å². The molecule has 7 heteroatoms. The molecule has 0 unspecified atom stereocenters. The number of carbonyl (C=O) groups excluding carboxylic acids is 1. The van der Waals surface area contributed by atoms with E-state index in [-0.39, 0.29) is 5.56 Å². The van der Waals surface area contributed by atoms with E-state index in [2.05, 4.69) is 4.98 Å². The molecule has 1 N–H and O–H groups in total. The first-order chi connectivity index (χ1) is 7.43. The molecule has 1 aromatic rings. The molecule has 0 aliphatic carbocycles. The molecule has 0 bridgehead atoms. The molecule has 0 saturated carbocycles. The van der Waals surface area contributed by atoms with Crippen LogP contribution in [0, 0.1) is 0 Å². The Morgan fingerprint density at radius 1 is 1.38 bits per heavy atom. The van der Waals surface area contributed by atoms with Gasteiger partial charge in [-0.3, -0.25) is 9.78 Å². The number of nitrogens with zero attached hydrogens (tertiary/aromatic N) is 1. The van der Waals surface area contributed by atoms with Gasteiger partial charge < -0.3 is 5.32 Å². The van der Waals surface area contributed by atoms with E-state index in [0.717, 1.165) is 0 Å². The second-order valence-electron chi connectivity index (χ2n) is 2.98. The van der Waals surface area contributed by atoms with Gasteiger partial charge in [-0.15, -0.1) is 0 Å². The van der Waals surface area contributed by atoms with Crippen molar-refractivity contribution in [2.45, 2.75) is 12.3 Å². The van der Waals surface area contributed by atoms with Gasteiger partial charge in [-0.2, -0.15) is 8.78 Å². The van der Waals surface area contributed by atoms with E-state index in [1.54, 1.807) is 5.32 Å². The molecule has 0 aliphatic rings. The molecule has 0 atom stereocenters. The van der Waals surface area contributed by atoms with Crippen LogP contribution < -0.4 is 5.32 Å². The molecular weight excluding hydrogens is 228 g/mol. The number of halogens is 4. The summed E-state index contributed by atoms with van der Waals surface area (Å²) in [6, 6.07) is 2.58. The Morgan fingerprint density at radius 2 is 1.94 bits per heavy atom. The lowest BCUT2D eigenvalue weighted by Gasteiger charge is -2.15. The molecule has 0 saturated heterocycles. The fraction of sp³-hybridized carbons (Fsp3) is 0.333. The van der Waals surface area contributed by atoms with Gasteiger partial charge in [0.05, 0.1) is 6.54 Å². The summed E-state index contributed by atoms with van der Waals surface area (Å²) in [4.78, 5) is 14.8. The Hall–Kier alpha value is -1.66. The van der Waals surface area contributed by atoms with E-state index in [1.807, 2.05) is 0 Å². The van der Waals surface area contributed by atoms with E-state index < -0.39 is 24.8 Å². The van der Waals surface area contributed by atoms with Crippen molar-refractivity contribution in [1.82, 2.24) is 10.3 Å². The highest BCUT2D eigenvalue weighted by Crippen LogP contribution is 2.21. The molecule has 0 spiro atoms. The summed E-state index contributed by atoms with van der Waals surface area (Å²) < 4.78 is 48.4. The van der Waals surface area contributed by atoms with Gasteiger partial charge in [0.25, 0.3) is 5.91 Å². The minimum atomic E-state index is -4.22. The normalized spacial score (nSPS) is 11.6. The fourth-order valence-corrected chi connectivity index (χ4v) is 0.881. The highest BCUT2D eigenvalue weighted by Gasteiger charge is 2.40. The lowest BCUT2D eigenvalue weighted by atomic mass is 10.2. The van der Waals surface area contributed by atoms with Crippen LogP contribution in [0.25, 0.3) is 0 Å². The van der Waals surface area contributed by atoms with Crippen molar-refractivity contribution < 1.29 is 22.4 Å². The zero-order valence-corrected chi connectivity index (χ0v) is 7.96. The van der Waals surface area contributed by atoms with Gasteiger partial charge in [0.15, 0.2) is 0 Å². The predicted molar refractivity (Wildman–Crippen MR) is 47.5 cm³/mol. The average Bonchev–Trinajstić information content (AvgIpc) is 2.27. The summed E-state index contributed by atoms with van der Waals surface area (Å²) in [7, 11) is 0. The number of pyridine rings is 1. The number of carbonyl (C=O) groups is 1. The summed E-state index contributed by atoms with van der Waals surface area (Å²) in [5, 5.41) is 1.72. The molecule has 0 aromatic carbocycles. The van der Waals surface area contributed by atoms with Crippen molar-refractivity contribution in [3.05, 3.63) is 30.1 Å². The van der Waals surface area contributed by atoms with Crippen LogP contribution >= 0.6 is 0 Å². The van der Waals surface area contributed by atoms with Crippen LogP contribution in [0.2, 0.25) is 0 Å². The maximum absolute atomic E-state index is 12.4. The number of nitrogens with one attached hydrogen (secondary N) is 1. The molecule has 16 heavy (non-hydrogen) atoms. The molecule has 0 aliphatic heterocycles. The molecule has 88 valence electrons. The van der Waals surface area contributed by atoms with E-state index >= 15 is 0 Å². The highest BCUT2D eigenvalue weighted by molar-refractivity contribution is 5.93. The standard InChI is InChI=1S/C9H8F4N2O/c10-8(11)9(12,13)5-15-7(16)6-1-3-14-4-2-6/h1-4,8H,5H2,(H,15,16). The Balaban J connectivity index is 2.54. The van der Waals surface area contributed by atoms with Crippen molar-refractivity contribution >= 4 is 5.91 Å². The second kappa shape index (κ2) is 4.91. The minimum absolute atomic E-state index is 0.0834. The van der Waals surface area contributed by atoms with Crippen molar-refractivity contribution in [3.63, 3.8) is 0 Å². The maximum atomic E-state index is 12.4. The minimum Gasteiger partial charge on any atom is -0.346 e. The number of amides is 1. The first-order valence-electron chi connectivity index (χ1n) is 4.27. The average molecular weight is 236 g/mol. The molecule has 1 aromatic heterocycles.